The van der Waals surface area contributed by atoms with Crippen LogP contribution < -0.4 is 16.4 Å². The molecule has 29 heavy (non-hydrogen) atoms. The van der Waals surface area contributed by atoms with E-state index >= 15 is 0 Å². The second kappa shape index (κ2) is 10.7. The highest BCUT2D eigenvalue weighted by atomic mass is 16.5. The molecule has 1 saturated heterocycles. The van der Waals surface area contributed by atoms with Crippen molar-refractivity contribution in [3.05, 3.63) is 59.9 Å². The van der Waals surface area contributed by atoms with Crippen molar-refractivity contribution >= 4 is 17.5 Å². The normalized spacial score (nSPS) is 15.5. The van der Waals surface area contributed by atoms with Gasteiger partial charge >= 0.3 is 0 Å². The van der Waals surface area contributed by atoms with E-state index in [2.05, 4.69) is 20.5 Å². The molecule has 8 nitrogen and oxygen atoms in total. The highest BCUT2D eigenvalue weighted by molar-refractivity contribution is 6.04. The summed E-state index contributed by atoms with van der Waals surface area (Å²) in [5.41, 5.74) is 8.18. The molecule has 0 aliphatic carbocycles. The predicted octanol–water partition coefficient (Wildman–Crippen LogP) is 1.17. The number of carbonyl (C=O) groups is 2. The van der Waals surface area contributed by atoms with Gasteiger partial charge in [-0.05, 0) is 29.8 Å². The molecule has 0 radical (unpaired) electrons. The molecule has 2 amide bonds. The third-order valence-corrected chi connectivity index (χ3v) is 4.80. The summed E-state index contributed by atoms with van der Waals surface area (Å²) in [6, 6.07) is 10.0. The van der Waals surface area contributed by atoms with Crippen molar-refractivity contribution in [2.24, 2.45) is 5.73 Å². The van der Waals surface area contributed by atoms with Crippen molar-refractivity contribution in [2.75, 3.05) is 44.7 Å². The Bertz CT molecular complexity index is 792. The van der Waals surface area contributed by atoms with E-state index in [9.17, 15) is 9.59 Å². The lowest BCUT2D eigenvalue weighted by molar-refractivity contribution is -0.121. The molecule has 2 aromatic rings. The summed E-state index contributed by atoms with van der Waals surface area (Å²) in [7, 11) is 0. The Morgan fingerprint density at radius 2 is 1.79 bits per heavy atom. The van der Waals surface area contributed by atoms with Crippen LogP contribution in [0.25, 0.3) is 0 Å². The van der Waals surface area contributed by atoms with Crippen LogP contribution >= 0.6 is 0 Å². The number of rotatable bonds is 8. The van der Waals surface area contributed by atoms with Gasteiger partial charge in [-0.1, -0.05) is 12.1 Å². The Morgan fingerprint density at radius 3 is 2.48 bits per heavy atom. The van der Waals surface area contributed by atoms with Gasteiger partial charge in [0, 0.05) is 62.3 Å². The monoisotopic (exact) mass is 397 g/mol. The molecule has 2 heterocycles. The van der Waals surface area contributed by atoms with Gasteiger partial charge in [-0.15, -0.1) is 0 Å². The lowest BCUT2D eigenvalue weighted by atomic mass is 10.0. The Balaban J connectivity index is 1.43. The second-order valence-corrected chi connectivity index (χ2v) is 6.93. The van der Waals surface area contributed by atoms with Gasteiger partial charge in [0.1, 0.15) is 0 Å². The van der Waals surface area contributed by atoms with E-state index in [1.54, 1.807) is 48.8 Å². The third-order valence-electron chi connectivity index (χ3n) is 4.80. The Hall–Kier alpha value is -2.81. The van der Waals surface area contributed by atoms with Crippen molar-refractivity contribution in [2.45, 2.75) is 12.5 Å². The first kappa shape index (κ1) is 20.9. The van der Waals surface area contributed by atoms with Crippen LogP contribution in [-0.2, 0) is 9.53 Å². The van der Waals surface area contributed by atoms with Crippen LogP contribution in [-0.4, -0.2) is 61.1 Å². The van der Waals surface area contributed by atoms with Crippen molar-refractivity contribution < 1.29 is 14.3 Å². The van der Waals surface area contributed by atoms with Crippen molar-refractivity contribution in [3.8, 4) is 0 Å². The summed E-state index contributed by atoms with van der Waals surface area (Å²) in [5, 5.41) is 5.72. The first-order chi connectivity index (χ1) is 14.1. The smallest absolute Gasteiger partial charge is 0.255 e. The number of nitrogens with zero attached hydrogens (tertiary/aromatic N) is 2. The van der Waals surface area contributed by atoms with Crippen LogP contribution in [0.2, 0.25) is 0 Å². The van der Waals surface area contributed by atoms with Gasteiger partial charge in [-0.3, -0.25) is 19.5 Å². The standard InChI is InChI=1S/C21H27N5O3/c22-19(15-20(27)24-9-10-26-11-13-29-14-12-26)16-1-3-17(4-2-16)21(28)25-18-5-7-23-8-6-18/h1-8,19H,9-15,22H2,(H,24,27)(H,23,25,28). The zero-order valence-electron chi connectivity index (χ0n) is 16.3. The topological polar surface area (TPSA) is 110 Å². The number of morpholine rings is 1. The molecule has 1 unspecified atom stereocenters. The van der Waals surface area contributed by atoms with E-state index in [-0.39, 0.29) is 18.2 Å². The lowest BCUT2D eigenvalue weighted by Gasteiger charge is -2.26. The summed E-state index contributed by atoms with van der Waals surface area (Å²) >= 11 is 0. The minimum absolute atomic E-state index is 0.0785. The molecular formula is C21H27N5O3. The van der Waals surface area contributed by atoms with E-state index in [1.165, 1.54) is 0 Å². The predicted molar refractivity (Wildman–Crippen MR) is 110 cm³/mol. The number of nitrogens with one attached hydrogen (secondary N) is 2. The maximum Gasteiger partial charge on any atom is 0.255 e. The van der Waals surface area contributed by atoms with E-state index in [0.717, 1.165) is 38.4 Å². The SMILES string of the molecule is NC(CC(=O)NCCN1CCOCC1)c1ccc(C(=O)Nc2ccncc2)cc1. The Labute approximate surface area is 170 Å². The van der Waals surface area contributed by atoms with Crippen LogP contribution in [0.1, 0.15) is 28.4 Å². The Kier molecular flexibility index (Phi) is 7.69. The number of hydrogen-bond acceptors (Lipinski definition) is 6. The largest absolute Gasteiger partial charge is 0.379 e. The second-order valence-electron chi connectivity index (χ2n) is 6.93. The van der Waals surface area contributed by atoms with Crippen LogP contribution in [0.5, 0.6) is 0 Å². The van der Waals surface area contributed by atoms with Gasteiger partial charge in [0.2, 0.25) is 5.91 Å². The van der Waals surface area contributed by atoms with Gasteiger partial charge < -0.3 is 21.1 Å². The average molecular weight is 397 g/mol. The molecule has 1 fully saturated rings. The first-order valence-corrected chi connectivity index (χ1v) is 9.75. The van der Waals surface area contributed by atoms with Crippen molar-refractivity contribution in [1.29, 1.82) is 0 Å². The average Bonchev–Trinajstić information content (AvgIpc) is 2.75. The Morgan fingerprint density at radius 1 is 1.10 bits per heavy atom. The minimum atomic E-state index is -0.421. The van der Waals surface area contributed by atoms with Gasteiger partial charge in [0.15, 0.2) is 0 Å². The van der Waals surface area contributed by atoms with E-state index in [4.69, 9.17) is 10.5 Å². The van der Waals surface area contributed by atoms with Gasteiger partial charge in [0.25, 0.3) is 5.91 Å². The summed E-state index contributed by atoms with van der Waals surface area (Å²) in [4.78, 5) is 30.6. The summed E-state index contributed by atoms with van der Waals surface area (Å²) < 4.78 is 5.31. The number of pyridine rings is 1. The summed E-state index contributed by atoms with van der Waals surface area (Å²) in [6.07, 6.45) is 3.43. The molecule has 4 N–H and O–H groups in total. The van der Waals surface area contributed by atoms with Gasteiger partial charge in [-0.25, -0.2) is 0 Å². The maximum absolute atomic E-state index is 12.3. The van der Waals surface area contributed by atoms with Crippen molar-refractivity contribution in [1.82, 2.24) is 15.2 Å². The number of amides is 2. The fraction of sp³-hybridized carbons (Fsp3) is 0.381. The van der Waals surface area contributed by atoms with Crippen LogP contribution in [0.4, 0.5) is 5.69 Å². The maximum atomic E-state index is 12.3. The fourth-order valence-electron chi connectivity index (χ4n) is 3.09. The minimum Gasteiger partial charge on any atom is -0.379 e. The number of carbonyl (C=O) groups excluding carboxylic acids is 2. The molecular weight excluding hydrogens is 370 g/mol. The van der Waals surface area contributed by atoms with Crippen LogP contribution in [0, 0.1) is 0 Å². The van der Waals surface area contributed by atoms with Gasteiger partial charge in [0.05, 0.1) is 13.2 Å². The van der Waals surface area contributed by atoms with Crippen LogP contribution in [0.15, 0.2) is 48.8 Å². The first-order valence-electron chi connectivity index (χ1n) is 9.75. The quantitative estimate of drug-likeness (QED) is 0.617. The number of hydrogen-bond donors (Lipinski definition) is 3. The number of anilines is 1. The zero-order valence-corrected chi connectivity index (χ0v) is 16.3. The number of nitrogens with two attached hydrogens (primary N) is 1. The molecule has 8 heteroatoms. The highest BCUT2D eigenvalue weighted by Crippen LogP contribution is 2.16. The summed E-state index contributed by atoms with van der Waals surface area (Å²) in [6.45, 7) is 4.70. The molecule has 1 aliphatic rings. The number of ether oxygens (including phenoxy) is 1. The van der Waals surface area contributed by atoms with Crippen molar-refractivity contribution in [3.63, 3.8) is 0 Å². The van der Waals surface area contributed by atoms with E-state index in [0.29, 0.717) is 17.8 Å². The molecule has 1 aromatic carbocycles. The van der Waals surface area contributed by atoms with E-state index in [1.807, 2.05) is 0 Å². The number of aromatic nitrogens is 1. The lowest BCUT2D eigenvalue weighted by Crippen LogP contribution is -2.41. The van der Waals surface area contributed by atoms with Crippen LogP contribution in [0.3, 0.4) is 0 Å². The highest BCUT2D eigenvalue weighted by Gasteiger charge is 2.14. The molecule has 154 valence electrons. The molecule has 1 aromatic heterocycles. The molecule has 1 atom stereocenters. The molecule has 3 rings (SSSR count). The number of benzene rings is 1. The molecule has 0 saturated carbocycles. The molecule has 1 aliphatic heterocycles. The molecule has 0 bridgehead atoms. The zero-order chi connectivity index (χ0) is 20.5. The third kappa shape index (κ3) is 6.63. The van der Waals surface area contributed by atoms with Gasteiger partial charge in [-0.2, -0.15) is 0 Å². The molecule has 0 spiro atoms. The summed E-state index contributed by atoms with van der Waals surface area (Å²) in [5.74, 6) is -0.289. The van der Waals surface area contributed by atoms with E-state index < -0.39 is 6.04 Å². The fourth-order valence-corrected chi connectivity index (χ4v) is 3.09.